The third kappa shape index (κ3) is 35.0. The van der Waals surface area contributed by atoms with Gasteiger partial charge in [-0.2, -0.15) is 0 Å². The van der Waals surface area contributed by atoms with Gasteiger partial charge >= 0.3 is 35.8 Å². The number of carbonyl (C=O) groups is 6. The predicted octanol–water partition coefficient (Wildman–Crippen LogP) is 12.5. The average molecular weight is 968 g/mol. The van der Waals surface area contributed by atoms with Crippen molar-refractivity contribution in [3.63, 3.8) is 0 Å². The molecule has 0 aromatic carbocycles. The number of esters is 6. The fraction of sp³-hybridized carbons (Fsp3) is 0.891. The Bertz CT molecular complexity index is 1240. The van der Waals surface area contributed by atoms with Crippen LogP contribution < -0.4 is 0 Å². The first kappa shape index (κ1) is 64.8. The predicted molar refractivity (Wildman–Crippen MR) is 270 cm³/mol. The van der Waals surface area contributed by atoms with Crippen molar-refractivity contribution in [3.8, 4) is 0 Å². The van der Waals surface area contributed by atoms with Crippen LogP contribution in [-0.4, -0.2) is 99.5 Å². The van der Waals surface area contributed by atoms with Crippen molar-refractivity contribution >= 4 is 35.8 Å². The first-order valence-electron chi connectivity index (χ1n) is 27.4. The highest BCUT2D eigenvalue weighted by molar-refractivity contribution is 5.72. The Kier molecular flexibility index (Phi) is 40.6. The smallest absolute Gasteiger partial charge is 0.306 e. The molecule has 0 aliphatic carbocycles. The molecular formula is C55H101NO12. The lowest BCUT2D eigenvalue weighted by molar-refractivity contribution is -0.171. The lowest BCUT2D eigenvalue weighted by Gasteiger charge is -2.32. The Labute approximate surface area is 414 Å². The van der Waals surface area contributed by atoms with E-state index in [4.69, 9.17) is 28.4 Å². The summed E-state index contributed by atoms with van der Waals surface area (Å²) in [5.74, 6) is -1.66. The quantitative estimate of drug-likeness (QED) is 0.0322. The van der Waals surface area contributed by atoms with Crippen molar-refractivity contribution in [2.24, 2.45) is 23.2 Å². The first-order valence-corrected chi connectivity index (χ1v) is 27.4. The number of carbonyl (C=O) groups excluding carboxylic acids is 6. The van der Waals surface area contributed by atoms with E-state index in [1.807, 2.05) is 0 Å². The van der Waals surface area contributed by atoms with E-state index in [1.54, 1.807) is 0 Å². The molecule has 0 aliphatic heterocycles. The normalized spacial score (nSPS) is 11.7. The molecular weight excluding hydrogens is 867 g/mol. The summed E-state index contributed by atoms with van der Waals surface area (Å²) < 4.78 is 34.5. The summed E-state index contributed by atoms with van der Waals surface area (Å²) in [4.78, 5) is 80.6. The van der Waals surface area contributed by atoms with Gasteiger partial charge in [0.05, 0.1) is 13.2 Å². The topological polar surface area (TPSA) is 161 Å². The summed E-state index contributed by atoms with van der Waals surface area (Å²) in [6.45, 7) is 20.2. The van der Waals surface area contributed by atoms with E-state index >= 15 is 0 Å². The molecule has 0 aromatic rings. The Morgan fingerprint density at radius 1 is 0.382 bits per heavy atom. The molecule has 0 aliphatic rings. The van der Waals surface area contributed by atoms with Crippen molar-refractivity contribution in [1.82, 2.24) is 4.90 Å². The van der Waals surface area contributed by atoms with Crippen molar-refractivity contribution < 1.29 is 57.2 Å². The monoisotopic (exact) mass is 968 g/mol. The van der Waals surface area contributed by atoms with Crippen LogP contribution in [-0.2, 0) is 57.2 Å². The summed E-state index contributed by atoms with van der Waals surface area (Å²) >= 11 is 0. The molecule has 0 N–H and O–H groups in total. The maximum absolute atomic E-state index is 13.6. The van der Waals surface area contributed by atoms with Gasteiger partial charge in [0.2, 0.25) is 0 Å². The van der Waals surface area contributed by atoms with Crippen molar-refractivity contribution in [2.75, 3.05) is 52.7 Å². The molecule has 0 saturated heterocycles. The Morgan fingerprint density at radius 3 is 1.04 bits per heavy atom. The molecule has 13 nitrogen and oxygen atoms in total. The van der Waals surface area contributed by atoms with Gasteiger partial charge in [-0.05, 0) is 115 Å². The fourth-order valence-electron chi connectivity index (χ4n) is 8.52. The van der Waals surface area contributed by atoms with E-state index in [1.165, 1.54) is 0 Å². The zero-order valence-electron chi connectivity index (χ0n) is 44.9. The molecule has 398 valence electrons. The molecule has 0 unspecified atom stereocenters. The van der Waals surface area contributed by atoms with E-state index in [-0.39, 0.29) is 82.8 Å². The van der Waals surface area contributed by atoms with Crippen LogP contribution in [0.25, 0.3) is 0 Å². The minimum atomic E-state index is -1.39. The molecule has 0 spiro atoms. The number of hydrogen-bond acceptors (Lipinski definition) is 13. The van der Waals surface area contributed by atoms with Crippen molar-refractivity contribution in [3.05, 3.63) is 0 Å². The third-order valence-corrected chi connectivity index (χ3v) is 12.8. The van der Waals surface area contributed by atoms with E-state index in [0.717, 1.165) is 109 Å². The number of hydrogen-bond donors (Lipinski definition) is 0. The van der Waals surface area contributed by atoms with Crippen LogP contribution in [0.15, 0.2) is 0 Å². The van der Waals surface area contributed by atoms with Gasteiger partial charge in [0.15, 0.2) is 0 Å². The molecule has 0 heterocycles. The summed E-state index contributed by atoms with van der Waals surface area (Å²) in [6.07, 6.45) is 19.5. The van der Waals surface area contributed by atoms with Crippen LogP contribution in [0.2, 0.25) is 0 Å². The number of nitrogens with zero attached hydrogens (tertiary/aromatic N) is 1. The molecule has 0 bridgehead atoms. The highest BCUT2D eigenvalue weighted by Crippen LogP contribution is 2.26. The maximum Gasteiger partial charge on any atom is 0.306 e. The van der Waals surface area contributed by atoms with Gasteiger partial charge in [-0.3, -0.25) is 28.8 Å². The fourth-order valence-corrected chi connectivity index (χ4v) is 8.52. The van der Waals surface area contributed by atoms with Crippen LogP contribution in [0.1, 0.15) is 236 Å². The van der Waals surface area contributed by atoms with Gasteiger partial charge in [0.1, 0.15) is 31.8 Å². The first-order chi connectivity index (χ1) is 32.7. The molecule has 0 saturated carbocycles. The van der Waals surface area contributed by atoms with E-state index in [0.29, 0.717) is 69.7 Å². The standard InChI is InChI=1S/C55H101NO12/c1-10-17-19-30-46(31-20-18-11-2)38-54(62)68-44-55(43-67-53(61)36-25-37-56(16-7)45(8)9,41-65-51(59)34-23-21-32-49(57)63-39-47(26-12-3)27-13-4)42-66-52(60)35-24-22-33-50(58)64-40-48(28-14-5)29-15-6/h45-48H,10-44H2,1-9H3. The highest BCUT2D eigenvalue weighted by atomic mass is 16.6. The lowest BCUT2D eigenvalue weighted by atomic mass is 9.91. The molecule has 0 atom stereocenters. The summed E-state index contributed by atoms with van der Waals surface area (Å²) in [7, 11) is 0. The molecule has 0 radical (unpaired) electrons. The van der Waals surface area contributed by atoms with E-state index in [2.05, 4.69) is 67.2 Å². The van der Waals surface area contributed by atoms with Gasteiger partial charge in [-0.15, -0.1) is 0 Å². The Morgan fingerprint density at radius 2 is 0.721 bits per heavy atom. The van der Waals surface area contributed by atoms with Crippen LogP contribution >= 0.6 is 0 Å². The highest BCUT2D eigenvalue weighted by Gasteiger charge is 2.38. The molecule has 0 fully saturated rings. The Hall–Kier alpha value is -3.22. The lowest BCUT2D eigenvalue weighted by Crippen LogP contribution is -2.44. The van der Waals surface area contributed by atoms with Gasteiger partial charge in [0.25, 0.3) is 0 Å². The number of rotatable bonds is 46. The second-order valence-electron chi connectivity index (χ2n) is 19.7. The minimum absolute atomic E-state index is 0.0261. The second-order valence-corrected chi connectivity index (χ2v) is 19.7. The minimum Gasteiger partial charge on any atom is -0.465 e. The summed E-state index contributed by atoms with van der Waals surface area (Å²) in [5.41, 5.74) is -1.39. The van der Waals surface area contributed by atoms with Crippen molar-refractivity contribution in [1.29, 1.82) is 0 Å². The molecule has 68 heavy (non-hydrogen) atoms. The summed E-state index contributed by atoms with van der Waals surface area (Å²) in [5, 5.41) is 0. The molecule has 0 amide bonds. The number of unbranched alkanes of at least 4 members (excludes halogenated alkanes) is 6. The van der Waals surface area contributed by atoms with Gasteiger partial charge in [0, 0.05) is 44.6 Å². The average Bonchev–Trinajstić information content (AvgIpc) is 3.31. The van der Waals surface area contributed by atoms with Crippen LogP contribution in [0, 0.1) is 23.2 Å². The van der Waals surface area contributed by atoms with Gasteiger partial charge < -0.3 is 33.3 Å². The maximum atomic E-state index is 13.6. The van der Waals surface area contributed by atoms with Crippen molar-refractivity contribution in [2.45, 2.75) is 242 Å². The van der Waals surface area contributed by atoms with E-state index < -0.39 is 29.3 Å². The number of ether oxygens (including phenoxy) is 6. The molecule has 13 heteroatoms. The van der Waals surface area contributed by atoms with Gasteiger partial charge in [-0.1, -0.05) is 113 Å². The second kappa shape index (κ2) is 42.6. The summed E-state index contributed by atoms with van der Waals surface area (Å²) in [6, 6.07) is 0.325. The van der Waals surface area contributed by atoms with Crippen LogP contribution in [0.5, 0.6) is 0 Å². The van der Waals surface area contributed by atoms with E-state index in [9.17, 15) is 28.8 Å². The zero-order valence-corrected chi connectivity index (χ0v) is 44.9. The molecule has 0 aromatic heterocycles. The zero-order chi connectivity index (χ0) is 50.8. The third-order valence-electron chi connectivity index (χ3n) is 12.8. The Balaban J connectivity index is 6.10. The SMILES string of the molecule is CCCCCC(CCCCC)CC(=O)OCC(COC(=O)CCCCC(=O)OCC(CCC)CCC)(COC(=O)CCCCC(=O)OCC(CCC)CCC)COC(=O)CCCN(CC)C(C)C. The van der Waals surface area contributed by atoms with Crippen LogP contribution in [0.3, 0.4) is 0 Å². The molecule has 0 rings (SSSR count). The largest absolute Gasteiger partial charge is 0.465 e. The van der Waals surface area contributed by atoms with Crippen LogP contribution in [0.4, 0.5) is 0 Å². The van der Waals surface area contributed by atoms with Gasteiger partial charge in [-0.25, -0.2) is 0 Å².